The van der Waals surface area contributed by atoms with Crippen molar-refractivity contribution in [3.05, 3.63) is 29.6 Å². The molecule has 0 unspecified atom stereocenters. The van der Waals surface area contributed by atoms with Gasteiger partial charge in [-0.3, -0.25) is 9.78 Å². The Morgan fingerprint density at radius 2 is 2.06 bits per heavy atom. The smallest absolute Gasteiger partial charge is 0.267 e. The molecular formula is C13H18N2O. The molecule has 0 aliphatic heterocycles. The summed E-state index contributed by atoms with van der Waals surface area (Å²) in [6.07, 6.45) is 9.64. The highest BCUT2D eigenvalue weighted by molar-refractivity contribution is 5.90. The number of hydrogen-bond donors (Lipinski definition) is 1. The molecule has 1 heterocycles. The molecule has 3 nitrogen and oxygen atoms in total. The first-order chi connectivity index (χ1) is 7.75. The van der Waals surface area contributed by atoms with Crippen molar-refractivity contribution in [3.8, 4) is 0 Å². The van der Waals surface area contributed by atoms with Gasteiger partial charge in [0.2, 0.25) is 0 Å². The average molecular weight is 218 g/mol. The molecule has 1 aliphatic carbocycles. The molecule has 0 aromatic carbocycles. The minimum Gasteiger partial charge on any atom is -0.364 e. The summed E-state index contributed by atoms with van der Waals surface area (Å²) in [4.78, 5) is 14.9. The van der Waals surface area contributed by atoms with Crippen LogP contribution in [0.5, 0.6) is 0 Å². The summed E-state index contributed by atoms with van der Waals surface area (Å²) in [7, 11) is 0. The van der Waals surface area contributed by atoms with Gasteiger partial charge in [-0.15, -0.1) is 0 Å². The van der Waals surface area contributed by atoms with E-state index < -0.39 is 5.91 Å². The zero-order chi connectivity index (χ0) is 11.4. The van der Waals surface area contributed by atoms with Crippen molar-refractivity contribution in [2.75, 3.05) is 0 Å². The van der Waals surface area contributed by atoms with Crippen LogP contribution >= 0.6 is 0 Å². The van der Waals surface area contributed by atoms with Crippen LogP contribution in [0.1, 0.15) is 48.2 Å². The van der Waals surface area contributed by atoms with Crippen LogP contribution in [0.4, 0.5) is 0 Å². The van der Waals surface area contributed by atoms with Gasteiger partial charge < -0.3 is 5.73 Å². The van der Waals surface area contributed by atoms with Crippen LogP contribution in [0.25, 0.3) is 0 Å². The van der Waals surface area contributed by atoms with Crippen molar-refractivity contribution in [2.45, 2.75) is 38.5 Å². The number of nitrogens with two attached hydrogens (primary N) is 1. The van der Waals surface area contributed by atoms with Crippen LogP contribution < -0.4 is 5.73 Å². The first-order valence-electron chi connectivity index (χ1n) is 6.00. The maximum atomic E-state index is 10.9. The summed E-state index contributed by atoms with van der Waals surface area (Å²) >= 11 is 0. The molecule has 1 saturated carbocycles. The van der Waals surface area contributed by atoms with Crippen LogP contribution in [0, 0.1) is 5.92 Å². The molecule has 1 fully saturated rings. The van der Waals surface area contributed by atoms with Crippen LogP contribution in [0.3, 0.4) is 0 Å². The monoisotopic (exact) mass is 218 g/mol. The highest BCUT2D eigenvalue weighted by atomic mass is 16.1. The summed E-state index contributed by atoms with van der Waals surface area (Å²) in [5, 5.41) is 0. The molecule has 1 aliphatic rings. The first-order valence-corrected chi connectivity index (χ1v) is 6.00. The SMILES string of the molecule is NC(=O)c1ccc(CC2CCCCC2)cn1. The quantitative estimate of drug-likeness (QED) is 0.846. The summed E-state index contributed by atoms with van der Waals surface area (Å²) in [6.45, 7) is 0. The van der Waals surface area contributed by atoms with Gasteiger partial charge >= 0.3 is 0 Å². The standard InChI is InChI=1S/C13H18N2O/c14-13(16)12-7-6-11(9-15-12)8-10-4-2-1-3-5-10/h6-7,9-10H,1-5,8H2,(H2,14,16). The fourth-order valence-corrected chi connectivity index (χ4v) is 2.42. The number of pyridine rings is 1. The predicted molar refractivity (Wildman–Crippen MR) is 63.0 cm³/mol. The van der Waals surface area contributed by atoms with E-state index in [9.17, 15) is 4.79 Å². The number of rotatable bonds is 3. The van der Waals surface area contributed by atoms with Gasteiger partial charge in [0.25, 0.3) is 5.91 Å². The lowest BCUT2D eigenvalue weighted by atomic mass is 9.85. The topological polar surface area (TPSA) is 56.0 Å². The van der Waals surface area contributed by atoms with Crippen molar-refractivity contribution in [1.29, 1.82) is 0 Å². The number of nitrogens with zero attached hydrogens (tertiary/aromatic N) is 1. The number of aromatic nitrogens is 1. The molecule has 2 rings (SSSR count). The number of primary amides is 1. The van der Waals surface area contributed by atoms with E-state index in [0.29, 0.717) is 5.69 Å². The second-order valence-electron chi connectivity index (χ2n) is 4.62. The van der Waals surface area contributed by atoms with Crippen LogP contribution in [-0.2, 0) is 6.42 Å². The third-order valence-electron chi connectivity index (χ3n) is 3.33. The van der Waals surface area contributed by atoms with E-state index in [1.165, 1.54) is 37.7 Å². The molecular weight excluding hydrogens is 200 g/mol. The van der Waals surface area contributed by atoms with Gasteiger partial charge in [-0.25, -0.2) is 0 Å². The summed E-state index contributed by atoms with van der Waals surface area (Å²) < 4.78 is 0. The van der Waals surface area contributed by atoms with Gasteiger partial charge in [0.15, 0.2) is 0 Å². The Morgan fingerprint density at radius 3 is 2.62 bits per heavy atom. The first kappa shape index (κ1) is 11.1. The number of hydrogen-bond acceptors (Lipinski definition) is 2. The molecule has 2 N–H and O–H groups in total. The van der Waals surface area contributed by atoms with Crippen molar-refractivity contribution in [2.24, 2.45) is 11.7 Å². The lowest BCUT2D eigenvalue weighted by Gasteiger charge is -2.21. The molecule has 1 amide bonds. The van der Waals surface area contributed by atoms with Crippen LogP contribution in [0.2, 0.25) is 0 Å². The van der Waals surface area contributed by atoms with Gasteiger partial charge in [0.05, 0.1) is 0 Å². The van der Waals surface area contributed by atoms with E-state index in [2.05, 4.69) is 4.98 Å². The van der Waals surface area contributed by atoms with Gasteiger partial charge in [0, 0.05) is 6.20 Å². The highest BCUT2D eigenvalue weighted by Gasteiger charge is 2.14. The highest BCUT2D eigenvalue weighted by Crippen LogP contribution is 2.26. The van der Waals surface area contributed by atoms with Crippen molar-refractivity contribution in [1.82, 2.24) is 4.98 Å². The van der Waals surface area contributed by atoms with Crippen LogP contribution in [-0.4, -0.2) is 10.9 Å². The van der Waals surface area contributed by atoms with Gasteiger partial charge in [0.1, 0.15) is 5.69 Å². The van der Waals surface area contributed by atoms with E-state index in [0.717, 1.165) is 12.3 Å². The second-order valence-corrected chi connectivity index (χ2v) is 4.62. The van der Waals surface area contributed by atoms with Crippen LogP contribution in [0.15, 0.2) is 18.3 Å². The molecule has 16 heavy (non-hydrogen) atoms. The van der Waals surface area contributed by atoms with Crippen molar-refractivity contribution >= 4 is 5.91 Å². The Hall–Kier alpha value is -1.38. The molecule has 0 bridgehead atoms. The fourth-order valence-electron chi connectivity index (χ4n) is 2.42. The minimum absolute atomic E-state index is 0.354. The van der Waals surface area contributed by atoms with Crippen molar-refractivity contribution in [3.63, 3.8) is 0 Å². The molecule has 0 spiro atoms. The van der Waals surface area contributed by atoms with Gasteiger partial charge in [-0.1, -0.05) is 38.2 Å². The third kappa shape index (κ3) is 2.81. The van der Waals surface area contributed by atoms with E-state index in [-0.39, 0.29) is 0 Å². The molecule has 86 valence electrons. The summed E-state index contributed by atoms with van der Waals surface area (Å²) in [6, 6.07) is 3.70. The largest absolute Gasteiger partial charge is 0.364 e. The Labute approximate surface area is 96.1 Å². The lowest BCUT2D eigenvalue weighted by molar-refractivity contribution is 0.0995. The average Bonchev–Trinajstić information content (AvgIpc) is 2.31. The molecule has 1 aromatic rings. The molecule has 3 heteroatoms. The minimum atomic E-state index is -0.454. The maximum absolute atomic E-state index is 10.9. The number of carbonyl (C=O) groups is 1. The van der Waals surface area contributed by atoms with E-state index in [1.54, 1.807) is 12.3 Å². The third-order valence-corrected chi connectivity index (χ3v) is 3.33. The predicted octanol–water partition coefficient (Wildman–Crippen LogP) is 2.30. The zero-order valence-electron chi connectivity index (χ0n) is 9.48. The molecule has 0 saturated heterocycles. The molecule has 1 aromatic heterocycles. The number of amides is 1. The summed E-state index contributed by atoms with van der Waals surface area (Å²) in [5.41, 5.74) is 6.72. The lowest BCUT2D eigenvalue weighted by Crippen LogP contribution is -2.13. The Kier molecular flexibility index (Phi) is 3.54. The van der Waals surface area contributed by atoms with E-state index >= 15 is 0 Å². The maximum Gasteiger partial charge on any atom is 0.267 e. The number of carbonyl (C=O) groups excluding carboxylic acids is 1. The van der Waals surface area contributed by atoms with E-state index in [4.69, 9.17) is 5.73 Å². The molecule has 0 atom stereocenters. The second kappa shape index (κ2) is 5.10. The fraction of sp³-hybridized carbons (Fsp3) is 0.538. The van der Waals surface area contributed by atoms with E-state index in [1.807, 2.05) is 6.07 Å². The van der Waals surface area contributed by atoms with Gasteiger partial charge in [-0.2, -0.15) is 0 Å². The normalized spacial score (nSPS) is 17.2. The zero-order valence-corrected chi connectivity index (χ0v) is 9.48. The van der Waals surface area contributed by atoms with Crippen molar-refractivity contribution < 1.29 is 4.79 Å². The Bertz CT molecular complexity index is 353. The Balaban J connectivity index is 1.96. The molecule has 0 radical (unpaired) electrons. The Morgan fingerprint density at radius 1 is 1.31 bits per heavy atom. The van der Waals surface area contributed by atoms with Gasteiger partial charge in [-0.05, 0) is 24.0 Å². The summed E-state index contributed by atoms with van der Waals surface area (Å²) in [5.74, 6) is 0.346.